The van der Waals surface area contributed by atoms with Crippen LogP contribution in [-0.2, 0) is 0 Å². The van der Waals surface area contributed by atoms with Crippen LogP contribution in [0.1, 0.15) is 24.2 Å². The SMILES string of the molecule is CC(C)N(C)c1cc2cc(C(=O)O)c(F)cc2nc1-c1ccc(F)cc1. The lowest BCUT2D eigenvalue weighted by atomic mass is 10.0. The molecule has 26 heavy (non-hydrogen) atoms. The zero-order valence-electron chi connectivity index (χ0n) is 14.6. The summed E-state index contributed by atoms with van der Waals surface area (Å²) in [5.74, 6) is -2.52. The lowest BCUT2D eigenvalue weighted by Gasteiger charge is -2.26. The molecule has 2 aromatic carbocycles. The lowest BCUT2D eigenvalue weighted by Crippen LogP contribution is -2.26. The van der Waals surface area contributed by atoms with E-state index in [1.54, 1.807) is 18.2 Å². The minimum atomic E-state index is -1.33. The van der Waals surface area contributed by atoms with Gasteiger partial charge in [-0.05, 0) is 50.2 Å². The van der Waals surface area contributed by atoms with Gasteiger partial charge in [-0.15, -0.1) is 0 Å². The number of carboxylic acids is 1. The van der Waals surface area contributed by atoms with Gasteiger partial charge >= 0.3 is 5.97 Å². The number of anilines is 1. The van der Waals surface area contributed by atoms with Crippen molar-refractivity contribution in [3.05, 3.63) is 59.7 Å². The third-order valence-electron chi connectivity index (χ3n) is 4.39. The van der Waals surface area contributed by atoms with Crippen LogP contribution in [0.4, 0.5) is 14.5 Å². The van der Waals surface area contributed by atoms with E-state index in [0.29, 0.717) is 22.2 Å². The number of carbonyl (C=O) groups is 1. The summed E-state index contributed by atoms with van der Waals surface area (Å²) in [6.45, 7) is 4.01. The number of halogens is 2. The normalized spacial score (nSPS) is 11.2. The van der Waals surface area contributed by atoms with Crippen LogP contribution < -0.4 is 4.90 Å². The summed E-state index contributed by atoms with van der Waals surface area (Å²) < 4.78 is 27.3. The molecule has 3 rings (SSSR count). The van der Waals surface area contributed by atoms with Crippen molar-refractivity contribution in [1.82, 2.24) is 4.98 Å². The molecule has 1 N–H and O–H groups in total. The fourth-order valence-electron chi connectivity index (χ4n) is 2.72. The summed E-state index contributed by atoms with van der Waals surface area (Å²) in [6, 6.07) is 10.2. The van der Waals surface area contributed by atoms with Gasteiger partial charge in [-0.25, -0.2) is 18.6 Å². The van der Waals surface area contributed by atoms with E-state index in [1.807, 2.05) is 25.8 Å². The highest BCUT2D eigenvalue weighted by atomic mass is 19.1. The van der Waals surface area contributed by atoms with Gasteiger partial charge in [0.1, 0.15) is 11.6 Å². The highest BCUT2D eigenvalue weighted by Gasteiger charge is 2.18. The van der Waals surface area contributed by atoms with Crippen LogP contribution in [0.25, 0.3) is 22.2 Å². The first kappa shape index (κ1) is 17.8. The van der Waals surface area contributed by atoms with Crippen LogP contribution in [-0.4, -0.2) is 29.1 Å². The van der Waals surface area contributed by atoms with E-state index < -0.39 is 17.3 Å². The van der Waals surface area contributed by atoms with Crippen molar-refractivity contribution < 1.29 is 18.7 Å². The molecule has 0 unspecified atom stereocenters. The van der Waals surface area contributed by atoms with Crippen molar-refractivity contribution in [3.63, 3.8) is 0 Å². The Morgan fingerprint density at radius 2 is 1.77 bits per heavy atom. The van der Waals surface area contributed by atoms with Crippen molar-refractivity contribution in [1.29, 1.82) is 0 Å². The van der Waals surface area contributed by atoms with Gasteiger partial charge in [0.15, 0.2) is 0 Å². The Morgan fingerprint density at radius 1 is 1.12 bits per heavy atom. The van der Waals surface area contributed by atoms with Gasteiger partial charge in [-0.2, -0.15) is 0 Å². The van der Waals surface area contributed by atoms with E-state index in [4.69, 9.17) is 5.11 Å². The molecule has 0 bridgehead atoms. The number of benzene rings is 2. The first-order valence-corrected chi connectivity index (χ1v) is 8.14. The summed E-state index contributed by atoms with van der Waals surface area (Å²) in [7, 11) is 1.89. The van der Waals surface area contributed by atoms with Crippen LogP contribution in [0.15, 0.2) is 42.5 Å². The predicted molar refractivity (Wildman–Crippen MR) is 97.6 cm³/mol. The average molecular weight is 356 g/mol. The number of hydrogen-bond acceptors (Lipinski definition) is 3. The average Bonchev–Trinajstić information content (AvgIpc) is 2.60. The highest BCUT2D eigenvalue weighted by molar-refractivity contribution is 5.96. The van der Waals surface area contributed by atoms with E-state index in [1.165, 1.54) is 18.2 Å². The van der Waals surface area contributed by atoms with E-state index in [-0.39, 0.29) is 11.9 Å². The largest absolute Gasteiger partial charge is 0.478 e. The Labute approximate surface area is 149 Å². The molecule has 0 atom stereocenters. The quantitative estimate of drug-likeness (QED) is 0.735. The Morgan fingerprint density at radius 3 is 2.35 bits per heavy atom. The maximum absolute atomic E-state index is 14.1. The van der Waals surface area contributed by atoms with Gasteiger partial charge in [-0.1, -0.05) is 0 Å². The molecule has 0 aliphatic rings. The summed E-state index contributed by atoms with van der Waals surface area (Å²) in [6.07, 6.45) is 0. The van der Waals surface area contributed by atoms with Crippen LogP contribution in [0.5, 0.6) is 0 Å². The minimum absolute atomic E-state index is 0.146. The van der Waals surface area contributed by atoms with Gasteiger partial charge in [0.05, 0.1) is 22.5 Å². The topological polar surface area (TPSA) is 53.4 Å². The molecular weight excluding hydrogens is 338 g/mol. The molecular formula is C20H18F2N2O2. The Bertz CT molecular complexity index is 985. The molecule has 1 heterocycles. The van der Waals surface area contributed by atoms with Crippen molar-refractivity contribution in [2.75, 3.05) is 11.9 Å². The van der Waals surface area contributed by atoms with Crippen molar-refractivity contribution in [3.8, 4) is 11.3 Å². The smallest absolute Gasteiger partial charge is 0.338 e. The molecule has 1 aromatic heterocycles. The molecule has 4 nitrogen and oxygen atoms in total. The van der Waals surface area contributed by atoms with Crippen LogP contribution in [0.3, 0.4) is 0 Å². The number of aromatic nitrogens is 1. The van der Waals surface area contributed by atoms with Crippen LogP contribution >= 0.6 is 0 Å². The molecule has 0 fully saturated rings. The second kappa shape index (κ2) is 6.71. The zero-order chi connectivity index (χ0) is 19.0. The number of aromatic carboxylic acids is 1. The van der Waals surface area contributed by atoms with Crippen molar-refractivity contribution in [2.24, 2.45) is 0 Å². The van der Waals surface area contributed by atoms with Crippen molar-refractivity contribution >= 4 is 22.6 Å². The second-order valence-corrected chi connectivity index (χ2v) is 6.40. The maximum atomic E-state index is 14.1. The number of pyridine rings is 1. The highest BCUT2D eigenvalue weighted by Crippen LogP contribution is 2.33. The van der Waals surface area contributed by atoms with E-state index in [9.17, 15) is 13.6 Å². The first-order chi connectivity index (χ1) is 12.3. The lowest BCUT2D eigenvalue weighted by molar-refractivity contribution is 0.0692. The summed E-state index contributed by atoms with van der Waals surface area (Å²) >= 11 is 0. The fourth-order valence-corrected chi connectivity index (χ4v) is 2.72. The number of rotatable bonds is 4. The van der Waals surface area contributed by atoms with E-state index in [0.717, 1.165) is 11.8 Å². The molecule has 0 amide bonds. The van der Waals surface area contributed by atoms with Gasteiger partial charge in [-0.3, -0.25) is 0 Å². The number of carboxylic acid groups (broad SMARTS) is 1. The summed E-state index contributed by atoms with van der Waals surface area (Å²) in [5.41, 5.74) is 1.97. The van der Waals surface area contributed by atoms with Gasteiger partial charge in [0, 0.05) is 30.1 Å². The number of nitrogens with zero attached hydrogens (tertiary/aromatic N) is 2. The third kappa shape index (κ3) is 3.22. The molecule has 6 heteroatoms. The molecule has 3 aromatic rings. The Hall–Kier alpha value is -3.02. The van der Waals surface area contributed by atoms with Gasteiger partial charge in [0.25, 0.3) is 0 Å². The predicted octanol–water partition coefficient (Wildman–Crippen LogP) is 4.72. The van der Waals surface area contributed by atoms with E-state index in [2.05, 4.69) is 4.98 Å². The Balaban J connectivity index is 2.30. The van der Waals surface area contributed by atoms with Gasteiger partial charge < -0.3 is 10.0 Å². The molecule has 0 saturated carbocycles. The maximum Gasteiger partial charge on any atom is 0.338 e. The zero-order valence-corrected chi connectivity index (χ0v) is 14.6. The summed E-state index contributed by atoms with van der Waals surface area (Å²) in [4.78, 5) is 17.7. The Kier molecular flexibility index (Phi) is 4.59. The molecule has 0 aliphatic heterocycles. The van der Waals surface area contributed by atoms with Crippen molar-refractivity contribution in [2.45, 2.75) is 19.9 Å². The van der Waals surface area contributed by atoms with E-state index >= 15 is 0 Å². The number of hydrogen-bond donors (Lipinski definition) is 1. The number of fused-ring (bicyclic) bond motifs is 1. The minimum Gasteiger partial charge on any atom is -0.478 e. The molecule has 134 valence electrons. The van der Waals surface area contributed by atoms with Gasteiger partial charge in [0.2, 0.25) is 0 Å². The summed E-state index contributed by atoms with van der Waals surface area (Å²) in [5, 5.41) is 9.67. The molecule has 0 spiro atoms. The second-order valence-electron chi connectivity index (χ2n) is 6.40. The third-order valence-corrected chi connectivity index (χ3v) is 4.39. The van der Waals surface area contributed by atoms with Crippen LogP contribution in [0.2, 0.25) is 0 Å². The molecule has 0 saturated heterocycles. The van der Waals surface area contributed by atoms with Crippen LogP contribution in [0, 0.1) is 11.6 Å². The monoisotopic (exact) mass is 356 g/mol. The standard InChI is InChI=1S/C20H18F2N2O2/c1-11(2)24(3)18-9-13-8-15(20(25)26)16(22)10-17(13)23-19(18)12-4-6-14(21)7-5-12/h4-11H,1-3H3,(H,25,26). The first-order valence-electron chi connectivity index (χ1n) is 8.14. The fraction of sp³-hybridized carbons (Fsp3) is 0.200. The molecule has 0 radical (unpaired) electrons. The molecule has 0 aliphatic carbocycles.